The molecular formula is C16H27N5O. The van der Waals surface area contributed by atoms with Gasteiger partial charge in [-0.2, -0.15) is 5.10 Å². The molecule has 0 aromatic carbocycles. The standard InChI is InChI=1S/C16H27N5O/c22-16(17-7-3-9-21-10-4-8-18-21)20-13-11-19(12-14-20)15-5-1-2-6-15/h4,8,10,15H,1-3,5-7,9,11-14H2,(H,17,22). The Balaban J connectivity index is 1.31. The van der Waals surface area contributed by atoms with E-state index in [1.54, 1.807) is 6.20 Å². The second kappa shape index (κ2) is 7.63. The molecule has 1 aromatic rings. The van der Waals surface area contributed by atoms with Gasteiger partial charge in [-0.1, -0.05) is 12.8 Å². The number of rotatable bonds is 5. The molecule has 0 bridgehead atoms. The molecule has 1 aliphatic heterocycles. The van der Waals surface area contributed by atoms with Gasteiger partial charge in [0.25, 0.3) is 0 Å². The number of aryl methyl sites for hydroxylation is 1. The van der Waals surface area contributed by atoms with E-state index < -0.39 is 0 Å². The van der Waals surface area contributed by atoms with E-state index in [2.05, 4.69) is 15.3 Å². The van der Waals surface area contributed by atoms with Crippen LogP contribution in [-0.2, 0) is 6.54 Å². The smallest absolute Gasteiger partial charge is 0.317 e. The number of aromatic nitrogens is 2. The summed E-state index contributed by atoms with van der Waals surface area (Å²) in [5.41, 5.74) is 0. The van der Waals surface area contributed by atoms with Crippen molar-refractivity contribution < 1.29 is 4.79 Å². The van der Waals surface area contributed by atoms with Crippen LogP contribution < -0.4 is 5.32 Å². The molecule has 1 saturated carbocycles. The Hall–Kier alpha value is -1.56. The fourth-order valence-corrected chi connectivity index (χ4v) is 3.54. The van der Waals surface area contributed by atoms with Gasteiger partial charge in [0.05, 0.1) is 0 Å². The molecule has 6 nitrogen and oxygen atoms in total. The third kappa shape index (κ3) is 4.00. The molecule has 1 aliphatic carbocycles. The van der Waals surface area contributed by atoms with Crippen molar-refractivity contribution in [3.05, 3.63) is 18.5 Å². The van der Waals surface area contributed by atoms with E-state index >= 15 is 0 Å². The molecule has 0 unspecified atom stereocenters. The van der Waals surface area contributed by atoms with Crippen molar-refractivity contribution in [3.8, 4) is 0 Å². The third-order valence-corrected chi connectivity index (χ3v) is 4.84. The van der Waals surface area contributed by atoms with Crippen molar-refractivity contribution in [2.75, 3.05) is 32.7 Å². The molecule has 2 aliphatic rings. The second-order valence-electron chi connectivity index (χ2n) is 6.32. The van der Waals surface area contributed by atoms with Gasteiger partial charge in [0.15, 0.2) is 0 Å². The van der Waals surface area contributed by atoms with Gasteiger partial charge in [0, 0.05) is 57.7 Å². The maximum absolute atomic E-state index is 12.2. The minimum Gasteiger partial charge on any atom is -0.338 e. The molecule has 1 N–H and O–H groups in total. The highest BCUT2D eigenvalue weighted by Gasteiger charge is 2.27. The topological polar surface area (TPSA) is 53.4 Å². The minimum atomic E-state index is 0.0894. The number of amides is 2. The Kier molecular flexibility index (Phi) is 5.32. The molecule has 3 rings (SSSR count). The van der Waals surface area contributed by atoms with Crippen LogP contribution in [0.4, 0.5) is 4.79 Å². The number of nitrogens with one attached hydrogen (secondary N) is 1. The van der Waals surface area contributed by atoms with Gasteiger partial charge in [-0.25, -0.2) is 4.79 Å². The molecule has 6 heteroatoms. The zero-order valence-corrected chi connectivity index (χ0v) is 13.3. The maximum Gasteiger partial charge on any atom is 0.317 e. The number of carbonyl (C=O) groups excluding carboxylic acids is 1. The molecule has 22 heavy (non-hydrogen) atoms. The number of carbonyl (C=O) groups is 1. The van der Waals surface area contributed by atoms with Crippen LogP contribution in [0.5, 0.6) is 0 Å². The van der Waals surface area contributed by atoms with E-state index in [1.807, 2.05) is 21.8 Å². The largest absolute Gasteiger partial charge is 0.338 e. The van der Waals surface area contributed by atoms with Gasteiger partial charge in [-0.3, -0.25) is 9.58 Å². The highest BCUT2D eigenvalue weighted by molar-refractivity contribution is 5.74. The van der Waals surface area contributed by atoms with E-state index in [4.69, 9.17) is 0 Å². The molecule has 0 atom stereocenters. The number of piperazine rings is 1. The molecule has 2 heterocycles. The summed E-state index contributed by atoms with van der Waals surface area (Å²) >= 11 is 0. The van der Waals surface area contributed by atoms with Gasteiger partial charge in [0.2, 0.25) is 0 Å². The van der Waals surface area contributed by atoms with Gasteiger partial charge in [-0.15, -0.1) is 0 Å². The van der Waals surface area contributed by atoms with Gasteiger partial charge in [-0.05, 0) is 25.3 Å². The van der Waals surface area contributed by atoms with Crippen LogP contribution in [0.25, 0.3) is 0 Å². The first kappa shape index (κ1) is 15.3. The molecule has 1 saturated heterocycles. The summed E-state index contributed by atoms with van der Waals surface area (Å²) < 4.78 is 1.90. The zero-order chi connectivity index (χ0) is 15.2. The number of hydrogen-bond donors (Lipinski definition) is 1. The first-order valence-corrected chi connectivity index (χ1v) is 8.57. The van der Waals surface area contributed by atoms with E-state index in [0.29, 0.717) is 6.54 Å². The normalized spacial score (nSPS) is 20.5. The average molecular weight is 305 g/mol. The quantitative estimate of drug-likeness (QED) is 0.840. The summed E-state index contributed by atoms with van der Waals surface area (Å²) in [4.78, 5) is 16.7. The second-order valence-corrected chi connectivity index (χ2v) is 6.32. The van der Waals surface area contributed by atoms with Crippen molar-refractivity contribution in [3.63, 3.8) is 0 Å². The molecule has 1 aromatic heterocycles. The Morgan fingerprint density at radius 2 is 1.95 bits per heavy atom. The summed E-state index contributed by atoms with van der Waals surface area (Å²) in [6.45, 7) is 5.35. The lowest BCUT2D eigenvalue weighted by atomic mass is 10.2. The molecule has 0 radical (unpaired) electrons. The monoisotopic (exact) mass is 305 g/mol. The fourth-order valence-electron chi connectivity index (χ4n) is 3.54. The van der Waals surface area contributed by atoms with Crippen molar-refractivity contribution in [1.29, 1.82) is 0 Å². The van der Waals surface area contributed by atoms with Crippen LogP contribution in [0.15, 0.2) is 18.5 Å². The van der Waals surface area contributed by atoms with E-state index in [-0.39, 0.29) is 6.03 Å². The maximum atomic E-state index is 12.2. The van der Waals surface area contributed by atoms with E-state index in [9.17, 15) is 4.79 Å². The highest BCUT2D eigenvalue weighted by atomic mass is 16.2. The van der Waals surface area contributed by atoms with E-state index in [0.717, 1.165) is 45.2 Å². The average Bonchev–Trinajstić information content (AvgIpc) is 3.25. The SMILES string of the molecule is O=C(NCCCn1cccn1)N1CCN(C2CCCC2)CC1. The van der Waals surface area contributed by atoms with Gasteiger partial charge >= 0.3 is 6.03 Å². The molecular weight excluding hydrogens is 278 g/mol. The minimum absolute atomic E-state index is 0.0894. The van der Waals surface area contributed by atoms with Crippen molar-refractivity contribution in [2.45, 2.75) is 44.7 Å². The summed E-state index contributed by atoms with van der Waals surface area (Å²) in [5.74, 6) is 0. The van der Waals surface area contributed by atoms with Crippen LogP contribution >= 0.6 is 0 Å². The van der Waals surface area contributed by atoms with Crippen LogP contribution in [0.1, 0.15) is 32.1 Å². The number of hydrogen-bond acceptors (Lipinski definition) is 3. The Bertz CT molecular complexity index is 447. The summed E-state index contributed by atoms with van der Waals surface area (Å²) in [7, 11) is 0. The van der Waals surface area contributed by atoms with Crippen molar-refractivity contribution >= 4 is 6.03 Å². The lowest BCUT2D eigenvalue weighted by molar-refractivity contribution is 0.109. The summed E-state index contributed by atoms with van der Waals surface area (Å²) in [6.07, 6.45) is 10.1. The number of urea groups is 1. The van der Waals surface area contributed by atoms with Gasteiger partial charge < -0.3 is 10.2 Å². The van der Waals surface area contributed by atoms with Crippen molar-refractivity contribution in [1.82, 2.24) is 24.9 Å². The van der Waals surface area contributed by atoms with E-state index in [1.165, 1.54) is 25.7 Å². The predicted octanol–water partition coefficient (Wildman–Crippen LogP) is 1.54. The Morgan fingerprint density at radius 1 is 1.18 bits per heavy atom. The van der Waals surface area contributed by atoms with Gasteiger partial charge in [0.1, 0.15) is 0 Å². The summed E-state index contributed by atoms with van der Waals surface area (Å²) in [6, 6.07) is 2.79. The highest BCUT2D eigenvalue weighted by Crippen LogP contribution is 2.24. The fraction of sp³-hybridized carbons (Fsp3) is 0.750. The zero-order valence-electron chi connectivity index (χ0n) is 13.3. The first-order valence-electron chi connectivity index (χ1n) is 8.57. The van der Waals surface area contributed by atoms with Crippen LogP contribution in [0.2, 0.25) is 0 Å². The first-order chi connectivity index (χ1) is 10.8. The molecule has 0 spiro atoms. The lowest BCUT2D eigenvalue weighted by Crippen LogP contribution is -2.53. The Labute approximate surface area is 132 Å². The van der Waals surface area contributed by atoms with Crippen LogP contribution in [0, 0.1) is 0 Å². The van der Waals surface area contributed by atoms with Crippen molar-refractivity contribution in [2.24, 2.45) is 0 Å². The molecule has 122 valence electrons. The molecule has 2 fully saturated rings. The lowest BCUT2D eigenvalue weighted by Gasteiger charge is -2.38. The van der Waals surface area contributed by atoms with Crippen LogP contribution in [-0.4, -0.2) is 64.4 Å². The number of nitrogens with zero attached hydrogens (tertiary/aromatic N) is 4. The third-order valence-electron chi connectivity index (χ3n) is 4.84. The Morgan fingerprint density at radius 3 is 2.64 bits per heavy atom. The molecule has 2 amide bonds. The summed E-state index contributed by atoms with van der Waals surface area (Å²) in [5, 5.41) is 7.18. The predicted molar refractivity (Wildman–Crippen MR) is 85.6 cm³/mol. The van der Waals surface area contributed by atoms with Crippen LogP contribution in [0.3, 0.4) is 0 Å².